The van der Waals surface area contributed by atoms with Crippen LogP contribution in [0, 0.1) is 0 Å². The molecule has 0 bridgehead atoms. The Morgan fingerprint density at radius 1 is 0.909 bits per heavy atom. The Balaban J connectivity index is 3.53. The second kappa shape index (κ2) is 15.5. The molecule has 0 aromatic heterocycles. The summed E-state index contributed by atoms with van der Waals surface area (Å²) >= 11 is -1.94. The van der Waals surface area contributed by atoms with Crippen molar-refractivity contribution in [2.75, 3.05) is 0 Å². The van der Waals surface area contributed by atoms with Crippen LogP contribution in [0.5, 0.6) is 0 Å². The minimum absolute atomic E-state index is 0.173. The maximum absolute atomic E-state index is 11.2. The van der Waals surface area contributed by atoms with Crippen LogP contribution in [0.25, 0.3) is 0 Å². The molecule has 4 nitrogen and oxygen atoms in total. The Kier molecular flexibility index (Phi) is 15.2. The van der Waals surface area contributed by atoms with Crippen LogP contribution in [0.1, 0.15) is 96.8 Å². The van der Waals surface area contributed by atoms with Gasteiger partial charge in [0.2, 0.25) is 0 Å². The number of rotatable bonds is 16. The highest BCUT2D eigenvalue weighted by atomic mass is 32.2. The molecule has 22 heavy (non-hydrogen) atoms. The summed E-state index contributed by atoms with van der Waals surface area (Å²) in [6, 6.07) is 0. The van der Waals surface area contributed by atoms with E-state index in [1.54, 1.807) is 0 Å². The van der Waals surface area contributed by atoms with Crippen LogP contribution in [0.2, 0.25) is 0 Å². The monoisotopic (exact) mass is 333 g/mol. The molecule has 0 aliphatic rings. The van der Waals surface area contributed by atoms with Gasteiger partial charge in [0.1, 0.15) is 0 Å². The van der Waals surface area contributed by atoms with Gasteiger partial charge >= 0.3 is 5.97 Å². The number of hydrogen-bond donors (Lipinski definition) is 1. The van der Waals surface area contributed by atoms with E-state index in [2.05, 4.69) is 6.92 Å². The van der Waals surface area contributed by atoms with Crippen molar-refractivity contribution in [1.82, 2.24) is 0 Å². The van der Waals surface area contributed by atoms with Crippen molar-refractivity contribution in [3.8, 4) is 0 Å². The van der Waals surface area contributed by atoms with Crippen molar-refractivity contribution in [2.24, 2.45) is 0 Å². The smallest absolute Gasteiger partial charge is 0.303 e. The molecule has 2 atom stereocenters. The molecular weight excluding hydrogens is 300 g/mol. The zero-order valence-corrected chi connectivity index (χ0v) is 14.9. The molecule has 0 aliphatic carbocycles. The fourth-order valence-electron chi connectivity index (χ4n) is 2.67. The van der Waals surface area contributed by atoms with Gasteiger partial charge in [-0.15, -0.1) is 0 Å². The molecule has 5 heteroatoms. The third-order valence-corrected chi connectivity index (χ3v) is 5.08. The summed E-state index contributed by atoms with van der Waals surface area (Å²) in [5.74, 6) is -0.722. The van der Waals surface area contributed by atoms with Gasteiger partial charge in [0.25, 0.3) is 0 Å². The molecule has 1 N–H and O–H groups in total. The number of carbonyl (C=O) groups is 1. The molecule has 0 amide bonds. The van der Waals surface area contributed by atoms with Crippen LogP contribution in [0.3, 0.4) is 0 Å². The lowest BCUT2D eigenvalue weighted by Crippen LogP contribution is -2.14. The normalized spacial score (nSPS) is 13.9. The summed E-state index contributed by atoms with van der Waals surface area (Å²) in [5.41, 5.74) is 0. The van der Waals surface area contributed by atoms with E-state index in [-0.39, 0.29) is 11.7 Å². The van der Waals surface area contributed by atoms with Gasteiger partial charge < -0.3 is 9.66 Å². The maximum Gasteiger partial charge on any atom is 0.303 e. The SMILES string of the molecule is CCCCCCCC(CCCCCCCCC(=O)O)S(=O)[O-]. The Hall–Kier alpha value is -0.420. The Morgan fingerprint density at radius 2 is 1.36 bits per heavy atom. The quantitative estimate of drug-likeness (QED) is 0.325. The summed E-state index contributed by atoms with van der Waals surface area (Å²) in [5, 5.41) is 8.35. The van der Waals surface area contributed by atoms with Gasteiger partial charge in [0, 0.05) is 11.7 Å². The van der Waals surface area contributed by atoms with E-state index in [0.29, 0.717) is 0 Å². The molecule has 0 saturated heterocycles. The summed E-state index contributed by atoms with van der Waals surface area (Å²) in [6.07, 6.45) is 13.5. The standard InChI is InChI=1S/C17H34O4S/c1-2-3-4-7-10-13-16(22(20)21)14-11-8-5-6-9-12-15-17(18)19/h16H,2-15H2,1H3,(H,18,19)(H,20,21)/p-1. The molecule has 0 spiro atoms. The van der Waals surface area contributed by atoms with E-state index in [4.69, 9.17) is 5.11 Å². The lowest BCUT2D eigenvalue weighted by atomic mass is 10.0. The van der Waals surface area contributed by atoms with Crippen molar-refractivity contribution in [1.29, 1.82) is 0 Å². The van der Waals surface area contributed by atoms with Crippen molar-refractivity contribution in [2.45, 2.75) is 102 Å². The Labute approximate surface area is 138 Å². The largest absolute Gasteiger partial charge is 0.772 e. The van der Waals surface area contributed by atoms with E-state index in [9.17, 15) is 13.6 Å². The maximum atomic E-state index is 11.2. The molecule has 0 aromatic carbocycles. The molecule has 0 saturated carbocycles. The van der Waals surface area contributed by atoms with Crippen LogP contribution in [-0.2, 0) is 15.9 Å². The van der Waals surface area contributed by atoms with Gasteiger partial charge in [0.05, 0.1) is 0 Å². The Morgan fingerprint density at radius 3 is 1.82 bits per heavy atom. The van der Waals surface area contributed by atoms with Crippen molar-refractivity contribution < 1.29 is 18.7 Å². The van der Waals surface area contributed by atoms with Gasteiger partial charge in [0.15, 0.2) is 0 Å². The second-order valence-electron chi connectivity index (χ2n) is 6.14. The van der Waals surface area contributed by atoms with Crippen LogP contribution >= 0.6 is 0 Å². The fraction of sp³-hybridized carbons (Fsp3) is 0.941. The first-order valence-electron chi connectivity index (χ1n) is 8.87. The van der Waals surface area contributed by atoms with Crippen LogP contribution in [-0.4, -0.2) is 25.1 Å². The highest BCUT2D eigenvalue weighted by molar-refractivity contribution is 7.79. The average molecular weight is 334 g/mol. The summed E-state index contributed by atoms with van der Waals surface area (Å²) in [6.45, 7) is 2.18. The van der Waals surface area contributed by atoms with Crippen LogP contribution in [0.15, 0.2) is 0 Å². The molecule has 0 rings (SSSR count). The molecule has 0 fully saturated rings. The van der Waals surface area contributed by atoms with Crippen molar-refractivity contribution >= 4 is 17.0 Å². The zero-order valence-electron chi connectivity index (χ0n) is 14.1. The molecule has 2 unspecified atom stereocenters. The number of unbranched alkanes of at least 4 members (excludes halogenated alkanes) is 9. The first kappa shape index (κ1) is 21.6. The topological polar surface area (TPSA) is 77.4 Å². The number of aliphatic carboxylic acids is 1. The van der Waals surface area contributed by atoms with E-state index >= 15 is 0 Å². The van der Waals surface area contributed by atoms with Crippen LogP contribution in [0.4, 0.5) is 0 Å². The Bertz CT molecular complexity index is 294. The van der Waals surface area contributed by atoms with Crippen molar-refractivity contribution in [3.63, 3.8) is 0 Å². The van der Waals surface area contributed by atoms with E-state index in [1.165, 1.54) is 19.3 Å². The predicted molar refractivity (Wildman–Crippen MR) is 90.7 cm³/mol. The minimum Gasteiger partial charge on any atom is -0.772 e. The second-order valence-corrected chi connectivity index (χ2v) is 7.33. The molecule has 0 heterocycles. The number of carboxylic acids is 1. The van der Waals surface area contributed by atoms with Crippen molar-refractivity contribution in [3.05, 3.63) is 0 Å². The molecule has 0 aliphatic heterocycles. The first-order chi connectivity index (χ1) is 10.6. The summed E-state index contributed by atoms with van der Waals surface area (Å²) in [4.78, 5) is 10.4. The number of carboxylic acid groups (broad SMARTS) is 1. The lowest BCUT2D eigenvalue weighted by Gasteiger charge is -2.19. The van der Waals surface area contributed by atoms with Gasteiger partial charge in [-0.05, 0) is 19.3 Å². The predicted octanol–water partition coefficient (Wildman–Crippen LogP) is 4.80. The van der Waals surface area contributed by atoms with Gasteiger partial charge in [-0.1, -0.05) is 82.2 Å². The fourth-order valence-corrected chi connectivity index (χ4v) is 3.39. The van der Waals surface area contributed by atoms with Gasteiger partial charge in [-0.25, -0.2) is 0 Å². The average Bonchev–Trinajstić information content (AvgIpc) is 2.46. The lowest BCUT2D eigenvalue weighted by molar-refractivity contribution is -0.137. The van der Waals surface area contributed by atoms with E-state index < -0.39 is 17.0 Å². The molecular formula is C17H33O4S-. The highest BCUT2D eigenvalue weighted by Gasteiger charge is 2.08. The van der Waals surface area contributed by atoms with Gasteiger partial charge in [-0.3, -0.25) is 9.00 Å². The third-order valence-electron chi connectivity index (χ3n) is 4.07. The minimum atomic E-state index is -1.94. The molecule has 132 valence electrons. The first-order valence-corrected chi connectivity index (χ1v) is 10.0. The summed E-state index contributed by atoms with van der Waals surface area (Å²) in [7, 11) is 0. The third kappa shape index (κ3) is 14.5. The van der Waals surface area contributed by atoms with Gasteiger partial charge in [-0.2, -0.15) is 0 Å². The molecule has 0 aromatic rings. The van der Waals surface area contributed by atoms with Crippen LogP contribution < -0.4 is 0 Å². The zero-order chi connectivity index (χ0) is 16.6. The number of hydrogen-bond acceptors (Lipinski definition) is 3. The molecule has 0 radical (unpaired) electrons. The highest BCUT2D eigenvalue weighted by Crippen LogP contribution is 2.17. The summed E-state index contributed by atoms with van der Waals surface area (Å²) < 4.78 is 22.5. The van der Waals surface area contributed by atoms with E-state index in [0.717, 1.165) is 64.2 Å². The van der Waals surface area contributed by atoms with E-state index in [1.807, 2.05) is 0 Å².